The molecule has 0 aliphatic carbocycles. The number of benzene rings is 1. The van der Waals surface area contributed by atoms with Crippen molar-refractivity contribution in [3.05, 3.63) is 35.4 Å². The van der Waals surface area contributed by atoms with E-state index < -0.39 is 11.7 Å². The number of rotatable bonds is 3. The first-order valence-corrected chi connectivity index (χ1v) is 4.80. The summed E-state index contributed by atoms with van der Waals surface area (Å²) in [5, 5.41) is 0. The second kappa shape index (κ2) is 4.70. The summed E-state index contributed by atoms with van der Waals surface area (Å²) in [6.45, 7) is 1.41. The van der Waals surface area contributed by atoms with Crippen molar-refractivity contribution in [2.75, 3.05) is 14.1 Å². The number of nitrogens with zero attached hydrogens (tertiary/aromatic N) is 1. The van der Waals surface area contributed by atoms with Crippen molar-refractivity contribution in [3.63, 3.8) is 0 Å². The Balaban J connectivity index is 3.05. The van der Waals surface area contributed by atoms with Crippen LogP contribution in [0.1, 0.15) is 27.6 Å². The van der Waals surface area contributed by atoms with Crippen molar-refractivity contribution < 1.29 is 14.4 Å². The lowest BCUT2D eigenvalue weighted by Gasteiger charge is -2.09. The number of ketones is 2. The van der Waals surface area contributed by atoms with E-state index in [4.69, 9.17) is 0 Å². The van der Waals surface area contributed by atoms with Crippen LogP contribution in [0.4, 0.5) is 0 Å². The summed E-state index contributed by atoms with van der Waals surface area (Å²) in [6.07, 6.45) is 0. The Labute approximate surface area is 93.9 Å². The van der Waals surface area contributed by atoms with Crippen LogP contribution >= 0.6 is 0 Å². The molecule has 84 valence electrons. The normalized spacial score (nSPS) is 9.69. The zero-order valence-electron chi connectivity index (χ0n) is 9.48. The quantitative estimate of drug-likeness (QED) is 0.566. The number of Topliss-reactive ketones (excluding diaryl/α,β-unsaturated/α-hetero) is 2. The van der Waals surface area contributed by atoms with Crippen LogP contribution in [0.5, 0.6) is 0 Å². The van der Waals surface area contributed by atoms with E-state index in [2.05, 4.69) is 0 Å². The van der Waals surface area contributed by atoms with Crippen LogP contribution in [0.15, 0.2) is 24.3 Å². The lowest BCUT2D eigenvalue weighted by molar-refractivity contribution is -0.124. The Morgan fingerprint density at radius 3 is 2.12 bits per heavy atom. The summed E-state index contributed by atoms with van der Waals surface area (Å²) in [6, 6.07) is 6.16. The third-order valence-electron chi connectivity index (χ3n) is 2.13. The molecule has 16 heavy (non-hydrogen) atoms. The molecule has 0 unspecified atom stereocenters. The van der Waals surface area contributed by atoms with Gasteiger partial charge in [-0.1, -0.05) is 18.2 Å². The minimum Gasteiger partial charge on any atom is -0.342 e. The van der Waals surface area contributed by atoms with E-state index in [9.17, 15) is 14.4 Å². The molecule has 0 bridgehead atoms. The third kappa shape index (κ3) is 2.53. The Bertz CT molecular complexity index is 449. The Hall–Kier alpha value is -1.97. The molecule has 1 amide bonds. The van der Waals surface area contributed by atoms with Crippen LogP contribution in [0, 0.1) is 0 Å². The summed E-state index contributed by atoms with van der Waals surface area (Å²) >= 11 is 0. The molecule has 4 nitrogen and oxygen atoms in total. The largest absolute Gasteiger partial charge is 0.342 e. The zero-order chi connectivity index (χ0) is 12.3. The van der Waals surface area contributed by atoms with Gasteiger partial charge in [-0.05, 0) is 13.0 Å². The molecule has 0 aromatic heterocycles. The number of amides is 1. The van der Waals surface area contributed by atoms with Gasteiger partial charge in [0.15, 0.2) is 5.78 Å². The predicted molar refractivity (Wildman–Crippen MR) is 59.5 cm³/mol. The summed E-state index contributed by atoms with van der Waals surface area (Å²) in [5.74, 6) is -1.33. The molecule has 0 aliphatic heterocycles. The van der Waals surface area contributed by atoms with Gasteiger partial charge >= 0.3 is 0 Å². The van der Waals surface area contributed by atoms with E-state index in [1.165, 1.54) is 38.1 Å². The van der Waals surface area contributed by atoms with E-state index in [1.54, 1.807) is 12.1 Å². The first-order chi connectivity index (χ1) is 7.43. The van der Waals surface area contributed by atoms with E-state index >= 15 is 0 Å². The standard InChI is InChI=1S/C12H13NO3/c1-8(14)9-5-4-6-10(7-9)11(15)12(16)13(2)3/h4-7H,1-3H3. The van der Waals surface area contributed by atoms with Gasteiger partial charge in [0.25, 0.3) is 5.91 Å². The van der Waals surface area contributed by atoms with Crippen molar-refractivity contribution in [2.24, 2.45) is 0 Å². The van der Waals surface area contributed by atoms with Gasteiger partial charge in [-0.15, -0.1) is 0 Å². The first-order valence-electron chi connectivity index (χ1n) is 4.80. The molecule has 0 saturated carbocycles. The molecule has 0 fully saturated rings. The van der Waals surface area contributed by atoms with E-state index in [0.717, 1.165) is 0 Å². The molecule has 0 saturated heterocycles. The van der Waals surface area contributed by atoms with Gasteiger partial charge in [0.1, 0.15) is 0 Å². The molecule has 0 radical (unpaired) electrons. The van der Waals surface area contributed by atoms with Gasteiger partial charge in [-0.25, -0.2) is 0 Å². The van der Waals surface area contributed by atoms with Crippen LogP contribution in [0.25, 0.3) is 0 Å². The molecule has 0 atom stereocenters. The van der Waals surface area contributed by atoms with Gasteiger partial charge in [0, 0.05) is 25.2 Å². The maximum absolute atomic E-state index is 11.7. The van der Waals surface area contributed by atoms with E-state index in [1.807, 2.05) is 0 Å². The van der Waals surface area contributed by atoms with Crippen LogP contribution in [-0.2, 0) is 4.79 Å². The fourth-order valence-corrected chi connectivity index (χ4v) is 1.21. The van der Waals surface area contributed by atoms with Crippen molar-refractivity contribution in [1.82, 2.24) is 4.90 Å². The van der Waals surface area contributed by atoms with Gasteiger partial charge in [0.05, 0.1) is 0 Å². The molecule has 0 N–H and O–H groups in total. The molecule has 1 aromatic rings. The third-order valence-corrected chi connectivity index (χ3v) is 2.13. The number of hydrogen-bond acceptors (Lipinski definition) is 3. The summed E-state index contributed by atoms with van der Waals surface area (Å²) < 4.78 is 0. The molecular weight excluding hydrogens is 206 g/mol. The van der Waals surface area contributed by atoms with Gasteiger partial charge in [-0.2, -0.15) is 0 Å². The number of hydrogen-bond donors (Lipinski definition) is 0. The second-order valence-corrected chi connectivity index (χ2v) is 3.67. The SMILES string of the molecule is CC(=O)c1cccc(C(=O)C(=O)N(C)C)c1. The van der Waals surface area contributed by atoms with Crippen LogP contribution in [-0.4, -0.2) is 36.5 Å². The predicted octanol–water partition coefficient (Wildman–Crippen LogP) is 1.16. The fraction of sp³-hybridized carbons (Fsp3) is 0.250. The average Bonchev–Trinajstić information content (AvgIpc) is 2.27. The lowest BCUT2D eigenvalue weighted by atomic mass is 10.0. The monoisotopic (exact) mass is 219 g/mol. The highest BCUT2D eigenvalue weighted by atomic mass is 16.2. The van der Waals surface area contributed by atoms with Crippen LogP contribution < -0.4 is 0 Å². The highest BCUT2D eigenvalue weighted by molar-refractivity contribution is 6.42. The molecule has 1 rings (SSSR count). The zero-order valence-corrected chi connectivity index (χ0v) is 9.48. The van der Waals surface area contributed by atoms with Crippen molar-refractivity contribution >= 4 is 17.5 Å². The molecular formula is C12H13NO3. The summed E-state index contributed by atoms with van der Waals surface area (Å²) in [7, 11) is 3.02. The first kappa shape index (κ1) is 12.1. The highest BCUT2D eigenvalue weighted by Gasteiger charge is 2.18. The van der Waals surface area contributed by atoms with Gasteiger partial charge in [0.2, 0.25) is 5.78 Å². The van der Waals surface area contributed by atoms with Gasteiger partial charge < -0.3 is 4.90 Å². The molecule has 0 spiro atoms. The second-order valence-electron chi connectivity index (χ2n) is 3.67. The minimum absolute atomic E-state index is 0.132. The lowest BCUT2D eigenvalue weighted by Crippen LogP contribution is -2.29. The molecule has 0 aliphatic rings. The van der Waals surface area contributed by atoms with E-state index in [-0.39, 0.29) is 11.3 Å². The van der Waals surface area contributed by atoms with Crippen LogP contribution in [0.2, 0.25) is 0 Å². The van der Waals surface area contributed by atoms with Crippen LogP contribution in [0.3, 0.4) is 0 Å². The minimum atomic E-state index is -0.604. The molecule has 0 heterocycles. The average molecular weight is 219 g/mol. The number of carbonyl (C=O) groups is 3. The Kier molecular flexibility index (Phi) is 3.55. The summed E-state index contributed by atoms with van der Waals surface area (Å²) in [4.78, 5) is 35.4. The van der Waals surface area contributed by atoms with E-state index in [0.29, 0.717) is 5.56 Å². The van der Waals surface area contributed by atoms with Crippen molar-refractivity contribution in [2.45, 2.75) is 6.92 Å². The smallest absolute Gasteiger partial charge is 0.294 e. The maximum atomic E-state index is 11.7. The summed E-state index contributed by atoms with van der Waals surface area (Å²) in [5.41, 5.74) is 0.670. The molecule has 4 heteroatoms. The van der Waals surface area contributed by atoms with Crippen molar-refractivity contribution in [3.8, 4) is 0 Å². The van der Waals surface area contributed by atoms with Crippen molar-refractivity contribution in [1.29, 1.82) is 0 Å². The Morgan fingerprint density at radius 2 is 1.62 bits per heavy atom. The number of likely N-dealkylation sites (N-methyl/N-ethyl adjacent to an activating group) is 1. The fourth-order valence-electron chi connectivity index (χ4n) is 1.21. The molecule has 1 aromatic carbocycles. The highest BCUT2D eigenvalue weighted by Crippen LogP contribution is 2.07. The number of carbonyl (C=O) groups excluding carboxylic acids is 3. The Morgan fingerprint density at radius 1 is 1.06 bits per heavy atom. The topological polar surface area (TPSA) is 54.5 Å². The van der Waals surface area contributed by atoms with Gasteiger partial charge in [-0.3, -0.25) is 14.4 Å². The maximum Gasteiger partial charge on any atom is 0.294 e.